The van der Waals surface area contributed by atoms with Gasteiger partial charge in [0.25, 0.3) is 0 Å². The molecule has 1 nitrogen and oxygen atoms in total. The van der Waals surface area contributed by atoms with Crippen LogP contribution < -0.4 is 0 Å². The Bertz CT molecular complexity index is 428. The van der Waals surface area contributed by atoms with Crippen LogP contribution in [0.3, 0.4) is 0 Å². The zero-order valence-electron chi connectivity index (χ0n) is 10.7. The van der Waals surface area contributed by atoms with Gasteiger partial charge in [0.2, 0.25) is 0 Å². The van der Waals surface area contributed by atoms with Gasteiger partial charge in [-0.15, -0.1) is 0 Å². The molecule has 1 unspecified atom stereocenters. The van der Waals surface area contributed by atoms with Crippen molar-refractivity contribution in [2.45, 2.75) is 32.1 Å². The summed E-state index contributed by atoms with van der Waals surface area (Å²) in [5, 5.41) is 0. The number of ketones is 1. The standard InChI is InChI=1S/C17H20O/c18-17-14-6-2-5-12-16(17)13-8-7-11-15-9-3-1-4-10-15/h1,3-4,7-11,13,16H,2,5-6,12,14H2/b11-7+,13-8+. The predicted octanol–water partition coefficient (Wildman–Crippen LogP) is 4.41. The average molecular weight is 240 g/mol. The molecule has 0 saturated heterocycles. The summed E-state index contributed by atoms with van der Waals surface area (Å²) in [6.07, 6.45) is 13.4. The Hall–Kier alpha value is -1.63. The Morgan fingerprint density at radius 3 is 2.67 bits per heavy atom. The fourth-order valence-corrected chi connectivity index (χ4v) is 2.32. The van der Waals surface area contributed by atoms with Crippen LogP contribution in [0, 0.1) is 5.92 Å². The lowest BCUT2D eigenvalue weighted by Gasteiger charge is -2.05. The molecule has 1 fully saturated rings. The number of carbonyl (C=O) groups excluding carboxylic acids is 1. The Balaban J connectivity index is 1.90. The molecule has 2 rings (SSSR count). The minimum atomic E-state index is 0.146. The van der Waals surface area contributed by atoms with E-state index in [1.165, 1.54) is 18.4 Å². The zero-order chi connectivity index (χ0) is 12.6. The van der Waals surface area contributed by atoms with Crippen LogP contribution in [0.1, 0.15) is 37.7 Å². The van der Waals surface area contributed by atoms with Gasteiger partial charge in [-0.25, -0.2) is 0 Å². The first-order valence-corrected chi connectivity index (χ1v) is 6.79. The highest BCUT2D eigenvalue weighted by atomic mass is 16.1. The highest BCUT2D eigenvalue weighted by Gasteiger charge is 2.17. The molecule has 1 aromatic rings. The molecule has 1 aliphatic carbocycles. The van der Waals surface area contributed by atoms with Crippen molar-refractivity contribution in [3.8, 4) is 0 Å². The molecule has 18 heavy (non-hydrogen) atoms. The van der Waals surface area contributed by atoms with Crippen LogP contribution >= 0.6 is 0 Å². The maximum atomic E-state index is 11.8. The lowest BCUT2D eigenvalue weighted by molar-refractivity contribution is -0.121. The maximum Gasteiger partial charge on any atom is 0.139 e. The number of benzene rings is 1. The normalized spacial score (nSPS) is 21.6. The fourth-order valence-electron chi connectivity index (χ4n) is 2.32. The van der Waals surface area contributed by atoms with Gasteiger partial charge in [-0.2, -0.15) is 0 Å². The number of rotatable bonds is 3. The van der Waals surface area contributed by atoms with Crippen LogP contribution in [0.25, 0.3) is 6.08 Å². The number of carbonyl (C=O) groups is 1. The van der Waals surface area contributed by atoms with Gasteiger partial charge in [0, 0.05) is 12.3 Å². The van der Waals surface area contributed by atoms with Crippen LogP contribution in [-0.2, 0) is 4.79 Å². The van der Waals surface area contributed by atoms with E-state index in [9.17, 15) is 4.79 Å². The number of allylic oxidation sites excluding steroid dienone is 3. The summed E-state index contributed by atoms with van der Waals surface area (Å²) in [4.78, 5) is 11.8. The number of hydrogen-bond donors (Lipinski definition) is 0. The first kappa shape index (κ1) is 12.8. The summed E-state index contributed by atoms with van der Waals surface area (Å²) >= 11 is 0. The molecule has 1 heteroatoms. The second-order valence-electron chi connectivity index (χ2n) is 4.83. The van der Waals surface area contributed by atoms with Gasteiger partial charge >= 0.3 is 0 Å². The van der Waals surface area contributed by atoms with Crippen molar-refractivity contribution >= 4 is 11.9 Å². The molecule has 94 valence electrons. The third-order valence-electron chi connectivity index (χ3n) is 3.39. The van der Waals surface area contributed by atoms with Gasteiger partial charge in [-0.3, -0.25) is 4.79 Å². The number of hydrogen-bond acceptors (Lipinski definition) is 1. The predicted molar refractivity (Wildman–Crippen MR) is 76.2 cm³/mol. The highest BCUT2D eigenvalue weighted by Crippen LogP contribution is 2.21. The van der Waals surface area contributed by atoms with Crippen LogP contribution in [0.15, 0.2) is 48.6 Å². The van der Waals surface area contributed by atoms with E-state index in [0.29, 0.717) is 5.78 Å². The second-order valence-corrected chi connectivity index (χ2v) is 4.83. The Morgan fingerprint density at radius 1 is 1.00 bits per heavy atom. The maximum absolute atomic E-state index is 11.8. The van der Waals surface area contributed by atoms with E-state index in [4.69, 9.17) is 0 Å². The van der Waals surface area contributed by atoms with Crippen molar-refractivity contribution in [1.29, 1.82) is 0 Å². The topological polar surface area (TPSA) is 17.1 Å². The molecule has 0 spiro atoms. The average Bonchev–Trinajstić information content (AvgIpc) is 2.61. The van der Waals surface area contributed by atoms with Gasteiger partial charge in [0.05, 0.1) is 0 Å². The summed E-state index contributed by atoms with van der Waals surface area (Å²) in [7, 11) is 0. The summed E-state index contributed by atoms with van der Waals surface area (Å²) in [6, 6.07) is 10.2. The van der Waals surface area contributed by atoms with Gasteiger partial charge in [0.1, 0.15) is 5.78 Å². The minimum Gasteiger partial charge on any atom is -0.299 e. The molecule has 0 aromatic heterocycles. The lowest BCUT2D eigenvalue weighted by Crippen LogP contribution is -2.08. The van der Waals surface area contributed by atoms with Crippen LogP contribution in [0.5, 0.6) is 0 Å². The van der Waals surface area contributed by atoms with E-state index < -0.39 is 0 Å². The molecule has 0 amide bonds. The summed E-state index contributed by atoms with van der Waals surface area (Å²) < 4.78 is 0. The molecule has 1 aromatic carbocycles. The smallest absolute Gasteiger partial charge is 0.139 e. The summed E-state index contributed by atoms with van der Waals surface area (Å²) in [5.74, 6) is 0.560. The molecule has 0 aliphatic heterocycles. The van der Waals surface area contributed by atoms with Crippen LogP contribution in [0.2, 0.25) is 0 Å². The highest BCUT2D eigenvalue weighted by molar-refractivity contribution is 5.82. The van der Waals surface area contributed by atoms with Crippen LogP contribution in [0.4, 0.5) is 0 Å². The van der Waals surface area contributed by atoms with Gasteiger partial charge in [-0.1, -0.05) is 67.5 Å². The lowest BCUT2D eigenvalue weighted by atomic mass is 9.98. The molecule has 1 atom stereocenters. The van der Waals surface area contributed by atoms with Crippen molar-refractivity contribution in [3.05, 3.63) is 54.1 Å². The van der Waals surface area contributed by atoms with Gasteiger partial charge in [0.15, 0.2) is 0 Å². The Kier molecular flexibility index (Phi) is 4.95. The van der Waals surface area contributed by atoms with E-state index >= 15 is 0 Å². The molecule has 0 radical (unpaired) electrons. The Labute approximate surface area is 109 Å². The minimum absolute atomic E-state index is 0.146. The molecular weight excluding hydrogens is 220 g/mol. The van der Waals surface area contributed by atoms with E-state index in [-0.39, 0.29) is 5.92 Å². The van der Waals surface area contributed by atoms with Crippen molar-refractivity contribution in [2.24, 2.45) is 5.92 Å². The fraction of sp³-hybridized carbons (Fsp3) is 0.353. The second kappa shape index (κ2) is 6.95. The molecule has 0 bridgehead atoms. The van der Waals surface area contributed by atoms with E-state index in [2.05, 4.69) is 24.3 Å². The van der Waals surface area contributed by atoms with Crippen molar-refractivity contribution in [2.75, 3.05) is 0 Å². The summed E-state index contributed by atoms with van der Waals surface area (Å²) in [5.41, 5.74) is 1.19. The summed E-state index contributed by atoms with van der Waals surface area (Å²) in [6.45, 7) is 0. The van der Waals surface area contributed by atoms with Crippen molar-refractivity contribution < 1.29 is 4.79 Å². The molecule has 0 N–H and O–H groups in total. The molecular formula is C17H20O. The van der Waals surface area contributed by atoms with E-state index in [0.717, 1.165) is 19.3 Å². The molecule has 1 saturated carbocycles. The quantitative estimate of drug-likeness (QED) is 0.565. The zero-order valence-corrected chi connectivity index (χ0v) is 10.7. The first-order chi connectivity index (χ1) is 8.86. The third kappa shape index (κ3) is 3.99. The van der Waals surface area contributed by atoms with E-state index in [1.54, 1.807) is 0 Å². The van der Waals surface area contributed by atoms with Crippen molar-refractivity contribution in [1.82, 2.24) is 0 Å². The molecule has 0 heterocycles. The number of Topliss-reactive ketones (excluding diaryl/α,β-unsaturated/α-hetero) is 1. The SMILES string of the molecule is O=C1CCCCCC1/C=C/C=C/c1ccccc1. The monoisotopic (exact) mass is 240 g/mol. The van der Waals surface area contributed by atoms with Gasteiger partial charge < -0.3 is 0 Å². The van der Waals surface area contributed by atoms with Crippen molar-refractivity contribution in [3.63, 3.8) is 0 Å². The van der Waals surface area contributed by atoms with Crippen LogP contribution in [-0.4, -0.2) is 5.78 Å². The first-order valence-electron chi connectivity index (χ1n) is 6.79. The Morgan fingerprint density at radius 2 is 1.83 bits per heavy atom. The largest absolute Gasteiger partial charge is 0.299 e. The van der Waals surface area contributed by atoms with Gasteiger partial charge in [-0.05, 0) is 18.4 Å². The molecule has 1 aliphatic rings. The third-order valence-corrected chi connectivity index (χ3v) is 3.39. The van der Waals surface area contributed by atoms with E-state index in [1.807, 2.05) is 30.4 Å².